The van der Waals surface area contributed by atoms with Crippen LogP contribution in [0.5, 0.6) is 0 Å². The Balaban J connectivity index is 2.23. The second kappa shape index (κ2) is 8.13. The van der Waals surface area contributed by atoms with Gasteiger partial charge in [0.15, 0.2) is 0 Å². The van der Waals surface area contributed by atoms with Gasteiger partial charge in [-0.3, -0.25) is 0 Å². The lowest BCUT2D eigenvalue weighted by molar-refractivity contribution is 0.0178. The van der Waals surface area contributed by atoms with Crippen LogP contribution in [0, 0.1) is 0 Å². The van der Waals surface area contributed by atoms with E-state index < -0.39 is 6.16 Å². The van der Waals surface area contributed by atoms with Crippen molar-refractivity contribution in [3.05, 3.63) is 35.9 Å². The molecule has 0 fully saturated rings. The van der Waals surface area contributed by atoms with Crippen LogP contribution < -0.4 is 0 Å². The largest absolute Gasteiger partial charge is 0.508 e. The lowest BCUT2D eigenvalue weighted by atomic mass is 10.2. The van der Waals surface area contributed by atoms with Crippen LogP contribution in [0.2, 0.25) is 0 Å². The minimum Gasteiger partial charge on any atom is -0.462 e. The third-order valence-electron chi connectivity index (χ3n) is 2.33. The summed E-state index contributed by atoms with van der Waals surface area (Å²) in [5.41, 5.74) is 0.501. The Morgan fingerprint density at radius 1 is 1.16 bits per heavy atom. The van der Waals surface area contributed by atoms with Crippen molar-refractivity contribution < 1.29 is 23.8 Å². The Bertz CT molecular complexity index is 402. The SMILES string of the molecule is CCOC(=O)OC(C)CCOC(=O)c1ccccc1. The quantitative estimate of drug-likeness (QED) is 0.741. The van der Waals surface area contributed by atoms with Gasteiger partial charge >= 0.3 is 12.1 Å². The maximum absolute atomic E-state index is 11.6. The zero-order valence-corrected chi connectivity index (χ0v) is 11.1. The Morgan fingerprint density at radius 2 is 1.84 bits per heavy atom. The van der Waals surface area contributed by atoms with Gasteiger partial charge in [0.2, 0.25) is 0 Å². The minimum absolute atomic E-state index is 0.189. The first kappa shape index (κ1) is 15.0. The third-order valence-corrected chi connectivity index (χ3v) is 2.33. The van der Waals surface area contributed by atoms with Gasteiger partial charge in [-0.15, -0.1) is 0 Å². The van der Waals surface area contributed by atoms with Crippen LogP contribution in [-0.2, 0) is 14.2 Å². The van der Waals surface area contributed by atoms with E-state index in [4.69, 9.17) is 9.47 Å². The summed E-state index contributed by atoms with van der Waals surface area (Å²) in [6, 6.07) is 8.72. The molecule has 0 saturated carbocycles. The average molecular weight is 266 g/mol. The standard InChI is InChI=1S/C14H18O5/c1-3-17-14(16)19-11(2)9-10-18-13(15)12-7-5-4-6-8-12/h4-8,11H,3,9-10H2,1-2H3. The number of benzene rings is 1. The summed E-state index contributed by atoms with van der Waals surface area (Å²) in [5.74, 6) is -0.385. The predicted octanol–water partition coefficient (Wildman–Crippen LogP) is 2.80. The minimum atomic E-state index is -0.704. The Morgan fingerprint density at radius 3 is 2.47 bits per heavy atom. The molecule has 0 amide bonds. The molecule has 1 aromatic carbocycles. The molecule has 19 heavy (non-hydrogen) atoms. The van der Waals surface area contributed by atoms with Gasteiger partial charge in [-0.05, 0) is 26.0 Å². The highest BCUT2D eigenvalue weighted by atomic mass is 16.7. The van der Waals surface area contributed by atoms with Crippen molar-refractivity contribution in [3.63, 3.8) is 0 Å². The number of hydrogen-bond acceptors (Lipinski definition) is 5. The summed E-state index contributed by atoms with van der Waals surface area (Å²) in [4.78, 5) is 22.6. The second-order valence-corrected chi connectivity index (χ2v) is 3.90. The molecule has 0 spiro atoms. The number of carbonyl (C=O) groups excluding carboxylic acids is 2. The van der Waals surface area contributed by atoms with Crippen molar-refractivity contribution in [1.29, 1.82) is 0 Å². The van der Waals surface area contributed by atoms with Crippen molar-refractivity contribution in [1.82, 2.24) is 0 Å². The van der Waals surface area contributed by atoms with Crippen LogP contribution >= 0.6 is 0 Å². The van der Waals surface area contributed by atoms with Gasteiger partial charge in [-0.1, -0.05) is 18.2 Å². The topological polar surface area (TPSA) is 61.8 Å². The molecule has 5 nitrogen and oxygen atoms in total. The van der Waals surface area contributed by atoms with E-state index in [2.05, 4.69) is 4.74 Å². The fourth-order valence-corrected chi connectivity index (χ4v) is 1.35. The first-order chi connectivity index (χ1) is 9.13. The number of carbonyl (C=O) groups is 2. The molecule has 1 rings (SSSR count). The van der Waals surface area contributed by atoms with Crippen LogP contribution in [0.3, 0.4) is 0 Å². The number of ether oxygens (including phenoxy) is 3. The Kier molecular flexibility index (Phi) is 6.43. The predicted molar refractivity (Wildman–Crippen MR) is 68.9 cm³/mol. The van der Waals surface area contributed by atoms with Crippen LogP contribution in [0.4, 0.5) is 4.79 Å². The molecule has 5 heteroatoms. The summed E-state index contributed by atoms with van der Waals surface area (Å²) in [6.07, 6.45) is -0.635. The lowest BCUT2D eigenvalue weighted by Gasteiger charge is -2.12. The van der Waals surface area contributed by atoms with E-state index in [0.717, 1.165) is 0 Å². The van der Waals surface area contributed by atoms with Crippen LogP contribution in [-0.4, -0.2) is 31.4 Å². The average Bonchev–Trinajstić information content (AvgIpc) is 2.39. The maximum atomic E-state index is 11.6. The monoisotopic (exact) mass is 266 g/mol. The van der Waals surface area contributed by atoms with Gasteiger partial charge in [-0.25, -0.2) is 9.59 Å². The van der Waals surface area contributed by atoms with Gasteiger partial charge in [0.05, 0.1) is 18.8 Å². The molecular formula is C14H18O5. The number of hydrogen-bond donors (Lipinski definition) is 0. The van der Waals surface area contributed by atoms with Gasteiger partial charge < -0.3 is 14.2 Å². The molecule has 0 aliphatic carbocycles. The number of esters is 1. The van der Waals surface area contributed by atoms with Crippen molar-refractivity contribution >= 4 is 12.1 Å². The Labute approximate surface area is 112 Å². The van der Waals surface area contributed by atoms with E-state index in [1.54, 1.807) is 38.1 Å². The zero-order valence-electron chi connectivity index (χ0n) is 11.1. The zero-order chi connectivity index (χ0) is 14.1. The smallest absolute Gasteiger partial charge is 0.462 e. The fraction of sp³-hybridized carbons (Fsp3) is 0.429. The molecule has 0 heterocycles. The van der Waals surface area contributed by atoms with E-state index in [1.807, 2.05) is 6.07 Å². The van der Waals surface area contributed by atoms with Crippen LogP contribution in [0.25, 0.3) is 0 Å². The highest BCUT2D eigenvalue weighted by Crippen LogP contribution is 2.04. The first-order valence-electron chi connectivity index (χ1n) is 6.19. The molecule has 104 valence electrons. The molecule has 0 aromatic heterocycles. The highest BCUT2D eigenvalue weighted by molar-refractivity contribution is 5.89. The summed E-state index contributed by atoms with van der Waals surface area (Å²) in [6.45, 7) is 3.88. The van der Waals surface area contributed by atoms with E-state index in [1.165, 1.54) is 0 Å². The summed E-state index contributed by atoms with van der Waals surface area (Å²) >= 11 is 0. The second-order valence-electron chi connectivity index (χ2n) is 3.90. The van der Waals surface area contributed by atoms with E-state index in [-0.39, 0.29) is 25.3 Å². The highest BCUT2D eigenvalue weighted by Gasteiger charge is 2.11. The Hall–Kier alpha value is -2.04. The fourth-order valence-electron chi connectivity index (χ4n) is 1.35. The van der Waals surface area contributed by atoms with Gasteiger partial charge in [0.1, 0.15) is 6.10 Å². The van der Waals surface area contributed by atoms with Gasteiger partial charge in [0.25, 0.3) is 0 Å². The summed E-state index contributed by atoms with van der Waals surface area (Å²) in [7, 11) is 0. The molecular weight excluding hydrogens is 248 g/mol. The van der Waals surface area contributed by atoms with Gasteiger partial charge in [0, 0.05) is 6.42 Å². The number of rotatable bonds is 6. The molecule has 0 N–H and O–H groups in total. The van der Waals surface area contributed by atoms with Crippen LogP contribution in [0.15, 0.2) is 30.3 Å². The van der Waals surface area contributed by atoms with Crippen molar-refractivity contribution in [2.24, 2.45) is 0 Å². The summed E-state index contributed by atoms with van der Waals surface area (Å²) in [5, 5.41) is 0. The maximum Gasteiger partial charge on any atom is 0.508 e. The normalized spacial score (nSPS) is 11.5. The molecule has 0 aliphatic heterocycles. The van der Waals surface area contributed by atoms with Crippen molar-refractivity contribution in [2.45, 2.75) is 26.4 Å². The molecule has 0 aliphatic rings. The third kappa shape index (κ3) is 5.90. The van der Waals surface area contributed by atoms with Crippen molar-refractivity contribution in [2.75, 3.05) is 13.2 Å². The molecule has 0 saturated heterocycles. The van der Waals surface area contributed by atoms with E-state index in [0.29, 0.717) is 12.0 Å². The molecule has 0 bridgehead atoms. The van der Waals surface area contributed by atoms with E-state index >= 15 is 0 Å². The van der Waals surface area contributed by atoms with Crippen LogP contribution in [0.1, 0.15) is 30.6 Å². The summed E-state index contributed by atoms with van der Waals surface area (Å²) < 4.78 is 14.6. The van der Waals surface area contributed by atoms with Gasteiger partial charge in [-0.2, -0.15) is 0 Å². The lowest BCUT2D eigenvalue weighted by Crippen LogP contribution is -2.18. The molecule has 1 aromatic rings. The van der Waals surface area contributed by atoms with Crippen molar-refractivity contribution in [3.8, 4) is 0 Å². The molecule has 0 radical (unpaired) electrons. The molecule has 1 atom stereocenters. The first-order valence-corrected chi connectivity index (χ1v) is 6.19. The molecule has 1 unspecified atom stereocenters. The van der Waals surface area contributed by atoms with E-state index in [9.17, 15) is 9.59 Å².